The maximum absolute atomic E-state index is 12.9. The van der Waals surface area contributed by atoms with Crippen molar-refractivity contribution in [3.05, 3.63) is 47.2 Å². The first-order valence-corrected chi connectivity index (χ1v) is 13.7. The van der Waals surface area contributed by atoms with Gasteiger partial charge in [-0.3, -0.25) is 4.57 Å². The van der Waals surface area contributed by atoms with E-state index in [-0.39, 0.29) is 0 Å². The fourth-order valence-electron chi connectivity index (χ4n) is 3.35. The molecule has 1 atom stereocenters. The van der Waals surface area contributed by atoms with Gasteiger partial charge in [0, 0.05) is 36.6 Å². The molecule has 0 aliphatic heterocycles. The van der Waals surface area contributed by atoms with Crippen LogP contribution in [0.15, 0.2) is 30.3 Å². The smallest absolute Gasteiger partial charge is 0.247 e. The Morgan fingerprint density at radius 2 is 1.72 bits per heavy atom. The third-order valence-corrected chi connectivity index (χ3v) is 7.00. The molecule has 0 saturated carbocycles. The zero-order valence-electron chi connectivity index (χ0n) is 20.4. The molecule has 2 rings (SSSR count). The summed E-state index contributed by atoms with van der Waals surface area (Å²) in [4.78, 5) is 6.80. The Bertz CT molecular complexity index is 990. The van der Waals surface area contributed by atoms with E-state index in [9.17, 15) is 4.57 Å². The molecule has 32 heavy (non-hydrogen) atoms. The summed E-state index contributed by atoms with van der Waals surface area (Å²) in [6.45, 7) is 14.8. The standard InChI is InChI=1S/C26H37N2O3P/c1-7-12-17-30-25-16-15-21(19-24(25)28(9-3)10-4)13-14-22-18-23(8-2)27-26(20-22)32(6,29)31-11-5/h15-16,18-20H,7-12,17H2,1-6H3. The molecule has 0 spiro atoms. The Morgan fingerprint density at radius 3 is 2.34 bits per heavy atom. The van der Waals surface area contributed by atoms with Crippen molar-refractivity contribution in [1.29, 1.82) is 0 Å². The second-order valence-electron chi connectivity index (χ2n) is 7.63. The van der Waals surface area contributed by atoms with Gasteiger partial charge >= 0.3 is 0 Å². The van der Waals surface area contributed by atoms with Gasteiger partial charge in [-0.25, -0.2) is 4.98 Å². The normalized spacial score (nSPS) is 12.6. The number of hydrogen-bond donors (Lipinski definition) is 0. The number of benzene rings is 1. The highest BCUT2D eigenvalue weighted by Gasteiger charge is 2.21. The van der Waals surface area contributed by atoms with Gasteiger partial charge in [0.05, 0.1) is 18.9 Å². The van der Waals surface area contributed by atoms with Crippen molar-refractivity contribution in [3.8, 4) is 17.6 Å². The summed E-state index contributed by atoms with van der Waals surface area (Å²) in [5.74, 6) is 7.41. The van der Waals surface area contributed by atoms with Crippen molar-refractivity contribution in [2.75, 3.05) is 37.9 Å². The molecular formula is C26H37N2O3P. The summed E-state index contributed by atoms with van der Waals surface area (Å²) in [6.07, 6.45) is 2.88. The molecule has 0 fully saturated rings. The van der Waals surface area contributed by atoms with Gasteiger partial charge in [-0.05, 0) is 63.9 Å². The molecule has 6 heteroatoms. The first-order valence-electron chi connectivity index (χ1n) is 11.7. The Labute approximate surface area is 194 Å². The van der Waals surface area contributed by atoms with Crippen molar-refractivity contribution in [2.45, 2.75) is 53.9 Å². The summed E-state index contributed by atoms with van der Waals surface area (Å²) < 4.78 is 24.4. The molecule has 5 nitrogen and oxygen atoms in total. The molecule has 0 bridgehead atoms. The third kappa shape index (κ3) is 7.12. The Morgan fingerprint density at radius 1 is 1.00 bits per heavy atom. The van der Waals surface area contributed by atoms with Gasteiger partial charge in [0.25, 0.3) is 0 Å². The van der Waals surface area contributed by atoms with Crippen LogP contribution in [0.1, 0.15) is 64.3 Å². The van der Waals surface area contributed by atoms with Gasteiger partial charge in [0.2, 0.25) is 7.37 Å². The molecule has 1 heterocycles. The van der Waals surface area contributed by atoms with Crippen molar-refractivity contribution in [1.82, 2.24) is 4.98 Å². The van der Waals surface area contributed by atoms with Gasteiger partial charge in [0.15, 0.2) is 0 Å². The predicted octanol–water partition coefficient (Wildman–Crippen LogP) is 5.64. The molecule has 0 N–H and O–H groups in total. The molecule has 0 saturated heterocycles. The van der Waals surface area contributed by atoms with E-state index in [1.54, 1.807) is 12.7 Å². The number of hydrogen-bond acceptors (Lipinski definition) is 5. The van der Waals surface area contributed by atoms with Crippen molar-refractivity contribution in [3.63, 3.8) is 0 Å². The number of pyridine rings is 1. The van der Waals surface area contributed by atoms with Crippen molar-refractivity contribution in [2.24, 2.45) is 0 Å². The van der Waals surface area contributed by atoms with Crippen LogP contribution < -0.4 is 15.1 Å². The van der Waals surface area contributed by atoms with Crippen LogP contribution >= 0.6 is 7.37 Å². The van der Waals surface area contributed by atoms with E-state index in [4.69, 9.17) is 9.26 Å². The lowest BCUT2D eigenvalue weighted by Crippen LogP contribution is -2.22. The van der Waals surface area contributed by atoms with Crippen LogP contribution in [0.25, 0.3) is 0 Å². The minimum Gasteiger partial charge on any atom is -0.491 e. The van der Waals surface area contributed by atoms with E-state index in [0.717, 1.165) is 60.6 Å². The van der Waals surface area contributed by atoms with E-state index in [1.165, 1.54) is 0 Å². The van der Waals surface area contributed by atoms with E-state index in [0.29, 0.717) is 18.6 Å². The fraction of sp³-hybridized carbons (Fsp3) is 0.500. The van der Waals surface area contributed by atoms with E-state index in [2.05, 4.69) is 48.6 Å². The lowest BCUT2D eigenvalue weighted by molar-refractivity contribution is 0.309. The van der Waals surface area contributed by atoms with Crippen molar-refractivity contribution < 1.29 is 13.8 Å². The first-order chi connectivity index (χ1) is 15.4. The SMILES string of the molecule is CCCCOc1ccc(C#Cc2cc(CC)nc(P(C)(=O)OCC)c2)cc1N(CC)CC. The van der Waals surface area contributed by atoms with Crippen LogP contribution in [0.2, 0.25) is 0 Å². The zero-order chi connectivity index (χ0) is 23.6. The fourth-order valence-corrected chi connectivity index (χ4v) is 4.65. The van der Waals surface area contributed by atoms with Gasteiger partial charge in [0.1, 0.15) is 11.2 Å². The van der Waals surface area contributed by atoms with E-state index < -0.39 is 7.37 Å². The van der Waals surface area contributed by atoms with Gasteiger partial charge in [-0.1, -0.05) is 32.1 Å². The second-order valence-corrected chi connectivity index (χ2v) is 10.0. The zero-order valence-corrected chi connectivity index (χ0v) is 21.3. The number of ether oxygens (including phenoxy) is 1. The summed E-state index contributed by atoms with van der Waals surface area (Å²) in [5, 5.41) is 0. The minimum atomic E-state index is -2.96. The van der Waals surface area contributed by atoms with Gasteiger partial charge in [-0.2, -0.15) is 0 Å². The predicted molar refractivity (Wildman–Crippen MR) is 135 cm³/mol. The molecule has 0 aliphatic rings. The lowest BCUT2D eigenvalue weighted by atomic mass is 10.1. The van der Waals surface area contributed by atoms with Crippen LogP contribution in [-0.4, -0.2) is 38.0 Å². The maximum atomic E-state index is 12.9. The monoisotopic (exact) mass is 456 g/mol. The maximum Gasteiger partial charge on any atom is 0.247 e. The molecule has 1 aromatic carbocycles. The Hall–Kier alpha value is -2.28. The first kappa shape index (κ1) is 26.0. The topological polar surface area (TPSA) is 51.7 Å². The Balaban J connectivity index is 2.42. The third-order valence-electron chi connectivity index (χ3n) is 5.19. The molecule has 1 aromatic heterocycles. The van der Waals surface area contributed by atoms with Gasteiger partial charge in [-0.15, -0.1) is 0 Å². The molecule has 174 valence electrons. The summed E-state index contributed by atoms with van der Waals surface area (Å²) in [5.41, 5.74) is 4.11. The molecular weight excluding hydrogens is 419 g/mol. The summed E-state index contributed by atoms with van der Waals surface area (Å²) in [7, 11) is -2.96. The number of nitrogens with zero attached hydrogens (tertiary/aromatic N) is 2. The summed E-state index contributed by atoms with van der Waals surface area (Å²) >= 11 is 0. The highest BCUT2D eigenvalue weighted by atomic mass is 31.2. The molecule has 1 unspecified atom stereocenters. The van der Waals surface area contributed by atoms with Crippen LogP contribution in [0, 0.1) is 11.8 Å². The average molecular weight is 457 g/mol. The number of aryl methyl sites for hydroxylation is 1. The lowest BCUT2D eigenvalue weighted by Gasteiger charge is -2.24. The van der Waals surface area contributed by atoms with Gasteiger partial charge < -0.3 is 14.2 Å². The highest BCUT2D eigenvalue weighted by molar-refractivity contribution is 7.65. The molecule has 0 amide bonds. The van der Waals surface area contributed by atoms with Crippen LogP contribution in [-0.2, 0) is 15.5 Å². The quantitative estimate of drug-likeness (QED) is 0.249. The molecule has 2 aromatic rings. The minimum absolute atomic E-state index is 0.383. The highest BCUT2D eigenvalue weighted by Crippen LogP contribution is 2.40. The number of rotatable bonds is 11. The number of unbranched alkanes of at least 4 members (excludes halogenated alkanes) is 1. The average Bonchev–Trinajstić information content (AvgIpc) is 2.79. The largest absolute Gasteiger partial charge is 0.491 e. The molecule has 0 radical (unpaired) electrons. The second kappa shape index (κ2) is 12.7. The molecule has 0 aliphatic carbocycles. The van der Waals surface area contributed by atoms with Crippen molar-refractivity contribution >= 4 is 18.5 Å². The van der Waals surface area contributed by atoms with Crippen LogP contribution in [0.4, 0.5) is 5.69 Å². The summed E-state index contributed by atoms with van der Waals surface area (Å²) in [6, 6.07) is 9.84. The van der Waals surface area contributed by atoms with E-state index >= 15 is 0 Å². The van der Waals surface area contributed by atoms with E-state index in [1.807, 2.05) is 32.0 Å². The van der Waals surface area contributed by atoms with Crippen LogP contribution in [0.5, 0.6) is 5.75 Å². The number of anilines is 1. The Kier molecular flexibility index (Phi) is 10.3. The number of aromatic nitrogens is 1. The van der Waals surface area contributed by atoms with Crippen LogP contribution in [0.3, 0.4) is 0 Å².